The fraction of sp³-hybridized carbons (Fsp3) is 0.333. The molecule has 0 aromatic heterocycles. The monoisotopic (exact) mass is 175 g/mol. The quantitative estimate of drug-likeness (QED) is 0.734. The van der Waals surface area contributed by atoms with E-state index in [2.05, 4.69) is 45.0 Å². The molecule has 0 spiro atoms. The van der Waals surface area contributed by atoms with E-state index in [9.17, 15) is 0 Å². The van der Waals surface area contributed by atoms with Gasteiger partial charge in [-0.2, -0.15) is 0 Å². The zero-order valence-corrected chi connectivity index (χ0v) is 8.59. The van der Waals surface area contributed by atoms with Crippen LogP contribution in [0.4, 0.5) is 0 Å². The number of rotatable bonds is 2. The van der Waals surface area contributed by atoms with Crippen molar-refractivity contribution in [3.8, 4) is 0 Å². The van der Waals surface area contributed by atoms with E-state index in [0.29, 0.717) is 6.54 Å². The first-order chi connectivity index (χ1) is 6.15. The third-order valence-corrected chi connectivity index (χ3v) is 2.23. The van der Waals surface area contributed by atoms with Crippen molar-refractivity contribution in [1.82, 2.24) is 0 Å². The Balaban J connectivity index is 3.09. The van der Waals surface area contributed by atoms with Crippen molar-refractivity contribution in [2.24, 2.45) is 5.73 Å². The molecule has 1 rings (SSSR count). The van der Waals surface area contributed by atoms with Gasteiger partial charge in [-0.3, -0.25) is 0 Å². The minimum Gasteiger partial charge on any atom is -0.327 e. The van der Waals surface area contributed by atoms with Gasteiger partial charge < -0.3 is 5.73 Å². The predicted molar refractivity (Wildman–Crippen MR) is 58.6 cm³/mol. The fourth-order valence-electron chi connectivity index (χ4n) is 1.54. The van der Waals surface area contributed by atoms with Crippen molar-refractivity contribution in [1.29, 1.82) is 0 Å². The summed E-state index contributed by atoms with van der Waals surface area (Å²) in [6.45, 7) is 6.96. The van der Waals surface area contributed by atoms with Crippen LogP contribution in [-0.2, 0) is 0 Å². The Morgan fingerprint density at radius 1 is 1.38 bits per heavy atom. The molecule has 1 nitrogen and oxygen atoms in total. The molecule has 1 heteroatoms. The van der Waals surface area contributed by atoms with E-state index >= 15 is 0 Å². The molecule has 1 aromatic rings. The molecule has 0 saturated carbocycles. The number of nitrogens with two attached hydrogens (primary N) is 1. The smallest absolute Gasteiger partial charge is 0.0112 e. The van der Waals surface area contributed by atoms with Crippen LogP contribution in [0.1, 0.15) is 23.6 Å². The highest BCUT2D eigenvalue weighted by Gasteiger charge is 1.99. The SMILES string of the molecule is CC(=CCN)c1ccc(C)cc1C. The summed E-state index contributed by atoms with van der Waals surface area (Å²) in [6.07, 6.45) is 2.05. The number of benzene rings is 1. The standard InChI is InChI=1S/C12H17N/c1-9-4-5-12(11(3)8-9)10(2)6-7-13/h4-6,8H,7,13H2,1-3H3. The van der Waals surface area contributed by atoms with Gasteiger partial charge in [0.15, 0.2) is 0 Å². The van der Waals surface area contributed by atoms with Crippen LogP contribution in [0.2, 0.25) is 0 Å². The highest BCUT2D eigenvalue weighted by Crippen LogP contribution is 2.18. The van der Waals surface area contributed by atoms with Gasteiger partial charge in [-0.05, 0) is 37.5 Å². The first kappa shape index (κ1) is 10.0. The van der Waals surface area contributed by atoms with Crippen LogP contribution >= 0.6 is 0 Å². The summed E-state index contributed by atoms with van der Waals surface area (Å²) in [6, 6.07) is 6.49. The second-order valence-corrected chi connectivity index (χ2v) is 3.44. The third kappa shape index (κ3) is 2.43. The lowest BCUT2D eigenvalue weighted by Gasteiger charge is -2.06. The van der Waals surface area contributed by atoms with Gasteiger partial charge in [-0.1, -0.05) is 29.8 Å². The average Bonchev–Trinajstić information content (AvgIpc) is 2.04. The lowest BCUT2D eigenvalue weighted by molar-refractivity contribution is 1.24. The van der Waals surface area contributed by atoms with E-state index in [0.717, 1.165) is 0 Å². The average molecular weight is 175 g/mol. The Hall–Kier alpha value is -1.08. The third-order valence-electron chi connectivity index (χ3n) is 2.23. The summed E-state index contributed by atoms with van der Waals surface area (Å²) in [4.78, 5) is 0. The number of hydrogen-bond acceptors (Lipinski definition) is 1. The van der Waals surface area contributed by atoms with Crippen molar-refractivity contribution in [2.75, 3.05) is 6.54 Å². The van der Waals surface area contributed by atoms with Crippen LogP contribution in [0.3, 0.4) is 0 Å². The zero-order chi connectivity index (χ0) is 9.84. The minimum atomic E-state index is 0.610. The molecule has 0 atom stereocenters. The summed E-state index contributed by atoms with van der Waals surface area (Å²) in [5.41, 5.74) is 10.7. The Labute approximate surface area is 80.3 Å². The number of allylic oxidation sites excluding steroid dienone is 1. The van der Waals surface area contributed by atoms with Gasteiger partial charge in [0.2, 0.25) is 0 Å². The molecule has 0 unspecified atom stereocenters. The number of hydrogen-bond donors (Lipinski definition) is 1. The maximum absolute atomic E-state index is 5.47. The van der Waals surface area contributed by atoms with Gasteiger partial charge in [-0.25, -0.2) is 0 Å². The van der Waals surface area contributed by atoms with Crippen molar-refractivity contribution in [2.45, 2.75) is 20.8 Å². The van der Waals surface area contributed by atoms with Crippen molar-refractivity contribution < 1.29 is 0 Å². The van der Waals surface area contributed by atoms with Gasteiger partial charge in [0.25, 0.3) is 0 Å². The molecule has 2 N–H and O–H groups in total. The molecule has 0 aliphatic rings. The molecular formula is C12H17N. The Morgan fingerprint density at radius 2 is 2.08 bits per heavy atom. The number of aryl methyl sites for hydroxylation is 2. The van der Waals surface area contributed by atoms with Crippen LogP contribution in [-0.4, -0.2) is 6.54 Å². The van der Waals surface area contributed by atoms with Crippen LogP contribution in [0.5, 0.6) is 0 Å². The summed E-state index contributed by atoms with van der Waals surface area (Å²) in [7, 11) is 0. The Bertz CT molecular complexity index is 324. The summed E-state index contributed by atoms with van der Waals surface area (Å²) in [5.74, 6) is 0. The first-order valence-electron chi connectivity index (χ1n) is 4.59. The largest absolute Gasteiger partial charge is 0.327 e. The molecule has 0 amide bonds. The van der Waals surface area contributed by atoms with Gasteiger partial charge in [-0.15, -0.1) is 0 Å². The van der Waals surface area contributed by atoms with Crippen LogP contribution in [0.15, 0.2) is 24.3 Å². The predicted octanol–water partition coefficient (Wildman–Crippen LogP) is 2.67. The second kappa shape index (κ2) is 4.24. The topological polar surface area (TPSA) is 26.0 Å². The lowest BCUT2D eigenvalue weighted by atomic mass is 10.00. The molecule has 70 valence electrons. The minimum absolute atomic E-state index is 0.610. The molecule has 0 radical (unpaired) electrons. The van der Waals surface area contributed by atoms with Crippen molar-refractivity contribution >= 4 is 5.57 Å². The fourth-order valence-corrected chi connectivity index (χ4v) is 1.54. The van der Waals surface area contributed by atoms with Gasteiger partial charge in [0.1, 0.15) is 0 Å². The maximum atomic E-state index is 5.47. The highest BCUT2D eigenvalue weighted by molar-refractivity contribution is 5.66. The maximum Gasteiger partial charge on any atom is 0.0112 e. The molecule has 13 heavy (non-hydrogen) atoms. The normalized spacial score (nSPS) is 11.8. The van der Waals surface area contributed by atoms with E-state index < -0.39 is 0 Å². The Kier molecular flexibility index (Phi) is 3.26. The second-order valence-electron chi connectivity index (χ2n) is 3.44. The Morgan fingerprint density at radius 3 is 2.62 bits per heavy atom. The highest BCUT2D eigenvalue weighted by atomic mass is 14.5. The van der Waals surface area contributed by atoms with Gasteiger partial charge in [0.05, 0.1) is 0 Å². The lowest BCUT2D eigenvalue weighted by Crippen LogP contribution is -1.95. The molecule has 0 aliphatic heterocycles. The van der Waals surface area contributed by atoms with Gasteiger partial charge in [0, 0.05) is 6.54 Å². The summed E-state index contributed by atoms with van der Waals surface area (Å²) in [5, 5.41) is 0. The van der Waals surface area contributed by atoms with Crippen molar-refractivity contribution in [3.63, 3.8) is 0 Å². The van der Waals surface area contributed by atoms with E-state index in [-0.39, 0.29) is 0 Å². The molecule has 0 saturated heterocycles. The van der Waals surface area contributed by atoms with E-state index in [1.807, 2.05) is 0 Å². The first-order valence-corrected chi connectivity index (χ1v) is 4.59. The summed E-state index contributed by atoms with van der Waals surface area (Å²) < 4.78 is 0. The molecule has 0 bridgehead atoms. The molecule has 0 aliphatic carbocycles. The van der Waals surface area contributed by atoms with E-state index in [4.69, 9.17) is 5.73 Å². The van der Waals surface area contributed by atoms with E-state index in [1.165, 1.54) is 22.3 Å². The van der Waals surface area contributed by atoms with Crippen LogP contribution < -0.4 is 5.73 Å². The summed E-state index contributed by atoms with van der Waals surface area (Å²) >= 11 is 0. The molecule has 1 aromatic carbocycles. The van der Waals surface area contributed by atoms with Crippen molar-refractivity contribution in [3.05, 3.63) is 41.0 Å². The molecule has 0 heterocycles. The van der Waals surface area contributed by atoms with Crippen LogP contribution in [0, 0.1) is 13.8 Å². The zero-order valence-electron chi connectivity index (χ0n) is 8.59. The van der Waals surface area contributed by atoms with E-state index in [1.54, 1.807) is 0 Å². The van der Waals surface area contributed by atoms with Gasteiger partial charge >= 0.3 is 0 Å². The molecule has 0 fully saturated rings. The molecular weight excluding hydrogens is 158 g/mol. The van der Waals surface area contributed by atoms with Crippen LogP contribution in [0.25, 0.3) is 5.57 Å².